The predicted octanol–water partition coefficient (Wildman–Crippen LogP) is 2.59. The summed E-state index contributed by atoms with van der Waals surface area (Å²) >= 11 is 0. The molecule has 3 rings (SSSR count). The average molecular weight is 290 g/mol. The molecule has 0 aliphatic carbocycles. The molecular weight excluding hydrogens is 268 g/mol. The van der Waals surface area contributed by atoms with Crippen molar-refractivity contribution in [3.05, 3.63) is 35.3 Å². The number of aryl methyl sites for hydroxylation is 2. The number of nitrogens with zero attached hydrogens (tertiary/aromatic N) is 2. The Labute approximate surface area is 124 Å². The number of furan rings is 1. The van der Waals surface area contributed by atoms with Crippen LogP contribution >= 0.6 is 0 Å². The second-order valence-electron chi connectivity index (χ2n) is 5.69. The van der Waals surface area contributed by atoms with E-state index in [1.165, 1.54) is 11.9 Å². The fourth-order valence-electron chi connectivity index (χ4n) is 2.93. The van der Waals surface area contributed by atoms with Crippen LogP contribution in [0.3, 0.4) is 0 Å². The van der Waals surface area contributed by atoms with Crippen LogP contribution in [-0.4, -0.2) is 27.8 Å². The molecule has 6 heteroatoms. The molecule has 2 N–H and O–H groups in total. The van der Waals surface area contributed by atoms with Gasteiger partial charge in [0.05, 0.1) is 6.10 Å². The summed E-state index contributed by atoms with van der Waals surface area (Å²) < 4.78 is 11.6. The lowest BCUT2D eigenvalue weighted by Gasteiger charge is -2.17. The van der Waals surface area contributed by atoms with Gasteiger partial charge in [-0.3, -0.25) is 5.10 Å². The molecule has 1 aliphatic rings. The van der Waals surface area contributed by atoms with Gasteiger partial charge in [-0.15, -0.1) is 0 Å². The molecule has 1 unspecified atom stereocenters. The van der Waals surface area contributed by atoms with E-state index < -0.39 is 0 Å². The number of hydrogen-bond acceptors (Lipinski definition) is 5. The van der Waals surface area contributed by atoms with Crippen LogP contribution in [0.2, 0.25) is 0 Å². The number of aromatic nitrogens is 3. The van der Waals surface area contributed by atoms with Gasteiger partial charge >= 0.3 is 0 Å². The summed E-state index contributed by atoms with van der Waals surface area (Å²) in [5.74, 6) is 2.77. The van der Waals surface area contributed by atoms with Crippen LogP contribution in [0, 0.1) is 13.8 Å². The van der Waals surface area contributed by atoms with E-state index >= 15 is 0 Å². The van der Waals surface area contributed by atoms with Crippen LogP contribution in [0.5, 0.6) is 0 Å². The smallest absolute Gasteiger partial charge is 0.153 e. The molecular formula is C15H22N4O2. The van der Waals surface area contributed by atoms with Gasteiger partial charge in [-0.05, 0) is 39.7 Å². The van der Waals surface area contributed by atoms with E-state index in [4.69, 9.17) is 9.15 Å². The van der Waals surface area contributed by atoms with Crippen molar-refractivity contribution in [1.29, 1.82) is 0 Å². The lowest BCUT2D eigenvalue weighted by Crippen LogP contribution is -2.29. The van der Waals surface area contributed by atoms with E-state index in [1.54, 1.807) is 0 Å². The quantitative estimate of drug-likeness (QED) is 0.885. The van der Waals surface area contributed by atoms with Crippen molar-refractivity contribution in [2.24, 2.45) is 0 Å². The average Bonchev–Trinajstić information content (AvgIpc) is 3.15. The van der Waals surface area contributed by atoms with Crippen molar-refractivity contribution >= 4 is 0 Å². The summed E-state index contributed by atoms with van der Waals surface area (Å²) in [5, 5.41) is 10.3. The summed E-state index contributed by atoms with van der Waals surface area (Å²) in [6, 6.07) is 2.36. The first-order valence-electron chi connectivity index (χ1n) is 7.44. The molecule has 0 aromatic carbocycles. The van der Waals surface area contributed by atoms with Crippen molar-refractivity contribution < 1.29 is 9.15 Å². The minimum absolute atomic E-state index is 0.0486. The molecule has 1 aliphatic heterocycles. The summed E-state index contributed by atoms with van der Waals surface area (Å²) in [7, 11) is 0. The van der Waals surface area contributed by atoms with Crippen molar-refractivity contribution in [3.8, 4) is 0 Å². The standard InChI is InChI=1S/C15H22N4O2/c1-9-6-13(11(3)20-9)10(2)16-7-12-4-5-14(21-12)15-17-8-18-19-15/h6,8,10,12,14,16H,4-5,7H2,1-3H3,(H,17,18,19)/t10?,12-,14+/m1/s1. The Balaban J connectivity index is 1.51. The molecule has 2 aromatic heterocycles. The molecule has 2 aromatic rings. The maximum atomic E-state index is 6.01. The van der Waals surface area contributed by atoms with Crippen LogP contribution in [0.25, 0.3) is 0 Å². The Morgan fingerprint density at radius 3 is 2.95 bits per heavy atom. The second kappa shape index (κ2) is 5.99. The molecule has 0 spiro atoms. The lowest BCUT2D eigenvalue weighted by molar-refractivity contribution is 0.0390. The highest BCUT2D eigenvalue weighted by Crippen LogP contribution is 2.30. The Morgan fingerprint density at radius 2 is 2.29 bits per heavy atom. The first kappa shape index (κ1) is 14.3. The number of rotatable bonds is 5. The van der Waals surface area contributed by atoms with Gasteiger partial charge in [0.25, 0.3) is 0 Å². The van der Waals surface area contributed by atoms with E-state index in [0.717, 1.165) is 36.7 Å². The van der Waals surface area contributed by atoms with Gasteiger partial charge in [0.15, 0.2) is 5.82 Å². The van der Waals surface area contributed by atoms with Crippen LogP contribution in [0.15, 0.2) is 16.8 Å². The first-order valence-corrected chi connectivity index (χ1v) is 7.44. The minimum Gasteiger partial charge on any atom is -0.466 e. The zero-order valence-electron chi connectivity index (χ0n) is 12.7. The third-order valence-electron chi connectivity index (χ3n) is 4.04. The monoisotopic (exact) mass is 290 g/mol. The Morgan fingerprint density at radius 1 is 1.43 bits per heavy atom. The van der Waals surface area contributed by atoms with Gasteiger partial charge in [-0.2, -0.15) is 5.10 Å². The van der Waals surface area contributed by atoms with Crippen LogP contribution in [0.1, 0.15) is 54.8 Å². The van der Waals surface area contributed by atoms with E-state index in [1.807, 2.05) is 13.8 Å². The first-order chi connectivity index (χ1) is 10.1. The van der Waals surface area contributed by atoms with Gasteiger partial charge in [0, 0.05) is 18.2 Å². The van der Waals surface area contributed by atoms with Gasteiger partial charge in [-0.25, -0.2) is 4.98 Å². The largest absolute Gasteiger partial charge is 0.466 e. The van der Waals surface area contributed by atoms with E-state index in [-0.39, 0.29) is 18.2 Å². The molecule has 0 amide bonds. The molecule has 0 radical (unpaired) electrons. The van der Waals surface area contributed by atoms with E-state index in [9.17, 15) is 0 Å². The fraction of sp³-hybridized carbons (Fsp3) is 0.600. The highest BCUT2D eigenvalue weighted by molar-refractivity contribution is 5.23. The fourth-order valence-corrected chi connectivity index (χ4v) is 2.93. The summed E-state index contributed by atoms with van der Waals surface area (Å²) in [6.07, 6.45) is 3.81. The zero-order valence-corrected chi connectivity index (χ0v) is 12.7. The Hall–Kier alpha value is -1.66. The number of nitrogens with one attached hydrogen (secondary N) is 2. The zero-order chi connectivity index (χ0) is 14.8. The third kappa shape index (κ3) is 3.16. The van der Waals surface area contributed by atoms with Gasteiger partial charge < -0.3 is 14.5 Å². The highest BCUT2D eigenvalue weighted by atomic mass is 16.5. The lowest BCUT2D eigenvalue weighted by atomic mass is 10.1. The van der Waals surface area contributed by atoms with Crippen molar-refractivity contribution in [2.45, 2.75) is 51.9 Å². The van der Waals surface area contributed by atoms with Crippen LogP contribution in [-0.2, 0) is 4.74 Å². The van der Waals surface area contributed by atoms with Crippen molar-refractivity contribution in [1.82, 2.24) is 20.5 Å². The van der Waals surface area contributed by atoms with Crippen LogP contribution in [0.4, 0.5) is 0 Å². The molecule has 0 bridgehead atoms. The number of aromatic amines is 1. The maximum Gasteiger partial charge on any atom is 0.153 e. The minimum atomic E-state index is 0.0486. The SMILES string of the molecule is Cc1cc(C(C)NC[C@H]2CC[C@@H](c3ncn[nH]3)O2)c(C)o1. The highest BCUT2D eigenvalue weighted by Gasteiger charge is 2.28. The molecule has 6 nitrogen and oxygen atoms in total. The van der Waals surface area contributed by atoms with Crippen LogP contribution < -0.4 is 5.32 Å². The summed E-state index contributed by atoms with van der Waals surface area (Å²) in [4.78, 5) is 4.17. The summed E-state index contributed by atoms with van der Waals surface area (Å²) in [6.45, 7) is 6.97. The van der Waals surface area contributed by atoms with Gasteiger partial charge in [-0.1, -0.05) is 0 Å². The number of hydrogen-bond donors (Lipinski definition) is 2. The Kier molecular flexibility index (Phi) is 4.07. The molecule has 1 saturated heterocycles. The Bertz CT molecular complexity index is 579. The number of ether oxygens (including phenoxy) is 1. The van der Waals surface area contributed by atoms with E-state index in [2.05, 4.69) is 33.5 Å². The van der Waals surface area contributed by atoms with Gasteiger partial charge in [0.2, 0.25) is 0 Å². The molecule has 3 heterocycles. The molecule has 21 heavy (non-hydrogen) atoms. The van der Waals surface area contributed by atoms with Crippen molar-refractivity contribution in [3.63, 3.8) is 0 Å². The maximum absolute atomic E-state index is 6.01. The van der Waals surface area contributed by atoms with Crippen molar-refractivity contribution in [2.75, 3.05) is 6.54 Å². The third-order valence-corrected chi connectivity index (χ3v) is 4.04. The molecule has 114 valence electrons. The molecule has 3 atom stereocenters. The predicted molar refractivity (Wildman–Crippen MR) is 77.8 cm³/mol. The molecule has 0 saturated carbocycles. The number of H-pyrrole nitrogens is 1. The molecule has 1 fully saturated rings. The topological polar surface area (TPSA) is 76.0 Å². The summed E-state index contributed by atoms with van der Waals surface area (Å²) in [5.41, 5.74) is 1.22. The second-order valence-corrected chi connectivity index (χ2v) is 5.69. The van der Waals surface area contributed by atoms with Gasteiger partial charge in [0.1, 0.15) is 24.0 Å². The normalized spacial score (nSPS) is 23.6. The van der Waals surface area contributed by atoms with E-state index in [0.29, 0.717) is 0 Å².